The Morgan fingerprint density at radius 2 is 2.08 bits per heavy atom. The monoisotopic (exact) mass is 339 g/mol. The third kappa shape index (κ3) is 3.25. The zero-order valence-electron chi connectivity index (χ0n) is 14.2. The molecule has 0 bridgehead atoms. The highest BCUT2D eigenvalue weighted by Crippen LogP contribution is 2.23. The minimum Gasteiger partial charge on any atom is -0.378 e. The van der Waals surface area contributed by atoms with Crippen molar-refractivity contribution < 1.29 is 4.74 Å². The summed E-state index contributed by atoms with van der Waals surface area (Å²) in [5.41, 5.74) is 2.36. The van der Waals surface area contributed by atoms with Crippen LogP contribution in [0.4, 0.5) is 11.6 Å². The molecule has 0 saturated carbocycles. The standard InChI is InChI=1S/C17H21N7O/c1-2-5-18-16-14-17(21-11-20-14)23-15(22-16)12-3-4-13(19-10-12)24-6-8-25-9-7-24/h3-4,10-11H,2,5-9H2,1H3,(H2,18,20,21,22,23). The van der Waals surface area contributed by atoms with E-state index in [2.05, 4.69) is 42.1 Å². The minimum atomic E-state index is 0.624. The van der Waals surface area contributed by atoms with E-state index in [4.69, 9.17) is 4.74 Å². The van der Waals surface area contributed by atoms with Gasteiger partial charge in [-0.15, -0.1) is 0 Å². The summed E-state index contributed by atoms with van der Waals surface area (Å²) in [5.74, 6) is 2.35. The smallest absolute Gasteiger partial charge is 0.183 e. The van der Waals surface area contributed by atoms with Gasteiger partial charge in [-0.05, 0) is 18.6 Å². The van der Waals surface area contributed by atoms with Crippen LogP contribution < -0.4 is 10.2 Å². The van der Waals surface area contributed by atoms with E-state index < -0.39 is 0 Å². The lowest BCUT2D eigenvalue weighted by Crippen LogP contribution is -2.36. The van der Waals surface area contributed by atoms with Crippen LogP contribution in [0.2, 0.25) is 0 Å². The minimum absolute atomic E-state index is 0.624. The quantitative estimate of drug-likeness (QED) is 0.735. The number of nitrogens with zero attached hydrogens (tertiary/aromatic N) is 5. The van der Waals surface area contributed by atoms with Crippen LogP contribution in [0.15, 0.2) is 24.7 Å². The molecule has 0 spiro atoms. The molecule has 0 atom stereocenters. The molecule has 4 heterocycles. The van der Waals surface area contributed by atoms with Gasteiger partial charge in [-0.25, -0.2) is 19.9 Å². The molecule has 3 aromatic rings. The number of H-pyrrole nitrogens is 1. The van der Waals surface area contributed by atoms with Crippen LogP contribution in [0, 0.1) is 0 Å². The van der Waals surface area contributed by atoms with Crippen LogP contribution >= 0.6 is 0 Å². The maximum absolute atomic E-state index is 5.39. The van der Waals surface area contributed by atoms with E-state index in [1.165, 1.54) is 0 Å². The van der Waals surface area contributed by atoms with Gasteiger partial charge in [-0.3, -0.25) is 0 Å². The summed E-state index contributed by atoms with van der Waals surface area (Å²) < 4.78 is 5.39. The Bertz CT molecular complexity index is 840. The molecule has 0 radical (unpaired) electrons. The highest BCUT2D eigenvalue weighted by atomic mass is 16.5. The largest absolute Gasteiger partial charge is 0.378 e. The number of aromatic nitrogens is 5. The van der Waals surface area contributed by atoms with E-state index in [0.717, 1.165) is 62.0 Å². The van der Waals surface area contributed by atoms with Gasteiger partial charge in [0.25, 0.3) is 0 Å². The van der Waals surface area contributed by atoms with Crippen molar-refractivity contribution in [2.45, 2.75) is 13.3 Å². The Labute approximate surface area is 145 Å². The molecule has 130 valence electrons. The molecule has 8 nitrogen and oxygen atoms in total. The van der Waals surface area contributed by atoms with Crippen molar-refractivity contribution in [3.05, 3.63) is 24.7 Å². The van der Waals surface area contributed by atoms with Crippen LogP contribution in [0.1, 0.15) is 13.3 Å². The average molecular weight is 339 g/mol. The second-order valence-corrected chi connectivity index (χ2v) is 5.93. The van der Waals surface area contributed by atoms with Gasteiger partial charge < -0.3 is 19.9 Å². The molecule has 8 heteroatoms. The predicted molar refractivity (Wildman–Crippen MR) is 96.7 cm³/mol. The third-order valence-electron chi connectivity index (χ3n) is 4.17. The lowest BCUT2D eigenvalue weighted by Gasteiger charge is -2.27. The van der Waals surface area contributed by atoms with Crippen LogP contribution in [0.25, 0.3) is 22.6 Å². The second-order valence-electron chi connectivity index (χ2n) is 5.93. The Kier molecular flexibility index (Phi) is 4.43. The van der Waals surface area contributed by atoms with Crippen molar-refractivity contribution in [3.63, 3.8) is 0 Å². The molecule has 3 aromatic heterocycles. The lowest BCUT2D eigenvalue weighted by molar-refractivity contribution is 0.122. The van der Waals surface area contributed by atoms with Crippen molar-refractivity contribution in [2.75, 3.05) is 43.1 Å². The van der Waals surface area contributed by atoms with Gasteiger partial charge in [0.2, 0.25) is 0 Å². The Morgan fingerprint density at radius 1 is 1.20 bits per heavy atom. The first-order valence-electron chi connectivity index (χ1n) is 8.59. The number of ether oxygens (including phenoxy) is 1. The molecule has 0 unspecified atom stereocenters. The average Bonchev–Trinajstić information content (AvgIpc) is 3.16. The zero-order valence-corrected chi connectivity index (χ0v) is 14.2. The van der Waals surface area contributed by atoms with Gasteiger partial charge in [0.1, 0.15) is 11.3 Å². The first kappa shape index (κ1) is 15.8. The molecule has 1 aliphatic heterocycles. The summed E-state index contributed by atoms with van der Waals surface area (Å²) >= 11 is 0. The number of imidazole rings is 1. The van der Waals surface area contributed by atoms with Crippen LogP contribution in [0.3, 0.4) is 0 Å². The van der Waals surface area contributed by atoms with Gasteiger partial charge in [0.15, 0.2) is 17.3 Å². The highest BCUT2D eigenvalue weighted by molar-refractivity contribution is 5.84. The topological polar surface area (TPSA) is 91.8 Å². The number of hydrogen-bond donors (Lipinski definition) is 2. The molecule has 2 N–H and O–H groups in total. The van der Waals surface area contributed by atoms with Gasteiger partial charge in [-0.2, -0.15) is 0 Å². The third-order valence-corrected chi connectivity index (χ3v) is 4.17. The normalized spacial score (nSPS) is 14.8. The summed E-state index contributed by atoms with van der Waals surface area (Å²) in [7, 11) is 0. The summed E-state index contributed by atoms with van der Waals surface area (Å²) in [4.78, 5) is 23.4. The number of hydrogen-bond acceptors (Lipinski definition) is 7. The fourth-order valence-electron chi connectivity index (χ4n) is 2.83. The van der Waals surface area contributed by atoms with Gasteiger partial charge in [-0.1, -0.05) is 6.92 Å². The van der Waals surface area contributed by atoms with Gasteiger partial charge >= 0.3 is 0 Å². The summed E-state index contributed by atoms with van der Waals surface area (Å²) in [6.07, 6.45) is 4.48. The van der Waals surface area contributed by atoms with E-state index in [1.807, 2.05) is 18.3 Å². The second kappa shape index (κ2) is 7.02. The van der Waals surface area contributed by atoms with Gasteiger partial charge in [0.05, 0.1) is 19.5 Å². The first-order valence-corrected chi connectivity index (χ1v) is 8.59. The molecule has 1 aliphatic rings. The fourth-order valence-corrected chi connectivity index (χ4v) is 2.83. The number of anilines is 2. The van der Waals surface area contributed by atoms with Crippen molar-refractivity contribution in [1.82, 2.24) is 24.9 Å². The number of pyridine rings is 1. The summed E-state index contributed by atoms with van der Waals surface area (Å²) in [5, 5.41) is 3.33. The van der Waals surface area contributed by atoms with Gasteiger partial charge in [0, 0.05) is 31.4 Å². The maximum Gasteiger partial charge on any atom is 0.183 e. The van der Waals surface area contributed by atoms with Crippen LogP contribution in [-0.2, 0) is 4.74 Å². The highest BCUT2D eigenvalue weighted by Gasteiger charge is 2.14. The SMILES string of the molecule is CCCNc1nc(-c2ccc(N3CCOCC3)nc2)nc2nc[nH]c12. The van der Waals surface area contributed by atoms with Crippen LogP contribution in [0.5, 0.6) is 0 Å². The first-order chi connectivity index (χ1) is 12.3. The van der Waals surface area contributed by atoms with Crippen molar-refractivity contribution in [3.8, 4) is 11.4 Å². The Balaban J connectivity index is 1.64. The lowest BCUT2D eigenvalue weighted by atomic mass is 10.2. The molecule has 0 aliphatic carbocycles. The molecule has 1 fully saturated rings. The number of nitrogens with one attached hydrogen (secondary N) is 2. The zero-order chi connectivity index (χ0) is 17.1. The predicted octanol–water partition coefficient (Wildman–Crippen LogP) is 2.07. The molecule has 25 heavy (non-hydrogen) atoms. The van der Waals surface area contributed by atoms with E-state index in [1.54, 1.807) is 6.33 Å². The number of rotatable bonds is 5. The number of aromatic amines is 1. The maximum atomic E-state index is 5.39. The Morgan fingerprint density at radius 3 is 2.84 bits per heavy atom. The molecular weight excluding hydrogens is 318 g/mol. The summed E-state index contributed by atoms with van der Waals surface area (Å²) in [6, 6.07) is 4.02. The van der Waals surface area contributed by atoms with Crippen molar-refractivity contribution in [1.29, 1.82) is 0 Å². The molecule has 0 aromatic carbocycles. The van der Waals surface area contributed by atoms with Crippen molar-refractivity contribution in [2.24, 2.45) is 0 Å². The van der Waals surface area contributed by atoms with E-state index in [-0.39, 0.29) is 0 Å². The van der Waals surface area contributed by atoms with E-state index >= 15 is 0 Å². The van der Waals surface area contributed by atoms with E-state index in [0.29, 0.717) is 11.5 Å². The molecule has 0 amide bonds. The van der Waals surface area contributed by atoms with Crippen molar-refractivity contribution >= 4 is 22.8 Å². The summed E-state index contributed by atoms with van der Waals surface area (Å²) in [6.45, 7) is 6.19. The Hall–Kier alpha value is -2.74. The molecular formula is C17H21N7O. The number of fused-ring (bicyclic) bond motifs is 1. The van der Waals surface area contributed by atoms with Crippen LogP contribution in [-0.4, -0.2) is 57.8 Å². The van der Waals surface area contributed by atoms with E-state index in [9.17, 15) is 0 Å². The molecule has 4 rings (SSSR count). The fraction of sp³-hybridized carbons (Fsp3) is 0.412. The number of morpholine rings is 1. The molecule has 1 saturated heterocycles.